The zero-order chi connectivity index (χ0) is 13.5. The number of para-hydroxylation sites is 3. The number of anilines is 1. The maximum absolute atomic E-state index is 6.09. The fourth-order valence-electron chi connectivity index (χ4n) is 2.47. The molecule has 2 heteroatoms. The smallest absolute Gasteiger partial charge is 0.150 e. The summed E-state index contributed by atoms with van der Waals surface area (Å²) in [5, 5.41) is 0. The van der Waals surface area contributed by atoms with E-state index in [1.807, 2.05) is 24.3 Å². The predicted octanol–water partition coefficient (Wildman–Crippen LogP) is 4.60. The lowest BCUT2D eigenvalue weighted by Crippen LogP contribution is -2.40. The molecule has 0 N–H and O–H groups in total. The number of hydrogen-bond donors (Lipinski definition) is 0. The van der Waals surface area contributed by atoms with E-state index < -0.39 is 0 Å². The Hall–Kier alpha value is -1.96. The Labute approximate surface area is 114 Å². The monoisotopic (exact) mass is 253 g/mol. The van der Waals surface area contributed by atoms with Gasteiger partial charge in [-0.2, -0.15) is 0 Å². The highest BCUT2D eigenvalue weighted by Crippen LogP contribution is 2.41. The molecule has 0 radical (unpaired) electrons. The van der Waals surface area contributed by atoms with Crippen LogP contribution in [0.15, 0.2) is 48.5 Å². The van der Waals surface area contributed by atoms with Crippen molar-refractivity contribution in [2.75, 3.05) is 4.90 Å². The summed E-state index contributed by atoms with van der Waals surface area (Å²) in [6.07, 6.45) is 0. The van der Waals surface area contributed by atoms with Crippen LogP contribution in [0.5, 0.6) is 11.5 Å². The number of hydrogen-bond acceptors (Lipinski definition) is 2. The van der Waals surface area contributed by atoms with Crippen molar-refractivity contribution in [1.29, 1.82) is 0 Å². The van der Waals surface area contributed by atoms with Gasteiger partial charge in [0.1, 0.15) is 5.75 Å². The molecule has 19 heavy (non-hydrogen) atoms. The van der Waals surface area contributed by atoms with E-state index in [0.29, 0.717) is 0 Å². The van der Waals surface area contributed by atoms with Gasteiger partial charge in [0.2, 0.25) is 0 Å². The van der Waals surface area contributed by atoms with E-state index in [9.17, 15) is 0 Å². The highest BCUT2D eigenvalue weighted by Gasteiger charge is 2.28. The lowest BCUT2D eigenvalue weighted by molar-refractivity contribution is 0.480. The molecule has 2 nitrogen and oxygen atoms in total. The average molecular weight is 253 g/mol. The molecule has 3 rings (SSSR count). The Balaban J connectivity index is 2.17. The number of benzene rings is 2. The van der Waals surface area contributed by atoms with Gasteiger partial charge < -0.3 is 9.64 Å². The molecule has 0 spiro atoms. The van der Waals surface area contributed by atoms with Crippen molar-refractivity contribution in [3.63, 3.8) is 0 Å². The lowest BCUT2D eigenvalue weighted by Gasteiger charge is -2.37. The first kappa shape index (κ1) is 12.1. The van der Waals surface area contributed by atoms with Gasteiger partial charge in [-0.1, -0.05) is 30.3 Å². The minimum atomic E-state index is 0.0525. The van der Waals surface area contributed by atoms with Gasteiger partial charge in [0.25, 0.3) is 0 Å². The van der Waals surface area contributed by atoms with Crippen LogP contribution in [0.3, 0.4) is 0 Å². The van der Waals surface area contributed by atoms with Crippen LogP contribution in [-0.4, -0.2) is 5.54 Å². The maximum atomic E-state index is 6.09. The van der Waals surface area contributed by atoms with E-state index in [1.165, 1.54) is 5.56 Å². The standard InChI is InChI=1S/C17H19NO/c1-17(2,3)18-12-13-8-4-6-10-15(13)19-16-11-7-5-9-14(16)18/h4-11H,12H2,1-3H3. The van der Waals surface area contributed by atoms with Crippen molar-refractivity contribution in [2.24, 2.45) is 0 Å². The normalized spacial score (nSPS) is 14.2. The number of nitrogens with zero attached hydrogens (tertiary/aromatic N) is 1. The Bertz CT molecular complexity index is 598. The van der Waals surface area contributed by atoms with E-state index in [2.05, 4.69) is 49.9 Å². The van der Waals surface area contributed by atoms with Gasteiger partial charge in [-0.05, 0) is 39.0 Å². The third kappa shape index (κ3) is 2.19. The number of ether oxygens (including phenoxy) is 1. The van der Waals surface area contributed by atoms with E-state index >= 15 is 0 Å². The quantitative estimate of drug-likeness (QED) is 0.680. The van der Waals surface area contributed by atoms with Crippen molar-refractivity contribution < 1.29 is 4.74 Å². The summed E-state index contributed by atoms with van der Waals surface area (Å²) >= 11 is 0. The van der Waals surface area contributed by atoms with Crippen molar-refractivity contribution in [3.05, 3.63) is 54.1 Å². The van der Waals surface area contributed by atoms with Crippen LogP contribution < -0.4 is 9.64 Å². The molecule has 0 aliphatic carbocycles. The van der Waals surface area contributed by atoms with Gasteiger partial charge in [0.15, 0.2) is 5.75 Å². The fraction of sp³-hybridized carbons (Fsp3) is 0.294. The summed E-state index contributed by atoms with van der Waals surface area (Å²) in [4.78, 5) is 2.40. The summed E-state index contributed by atoms with van der Waals surface area (Å²) in [6, 6.07) is 16.5. The van der Waals surface area contributed by atoms with Crippen molar-refractivity contribution in [1.82, 2.24) is 0 Å². The first-order valence-electron chi connectivity index (χ1n) is 6.68. The molecule has 98 valence electrons. The van der Waals surface area contributed by atoms with Crippen LogP contribution in [-0.2, 0) is 6.54 Å². The molecule has 0 atom stereocenters. The van der Waals surface area contributed by atoms with E-state index in [1.54, 1.807) is 0 Å². The van der Waals surface area contributed by atoms with Crippen LogP contribution in [0.2, 0.25) is 0 Å². The van der Waals surface area contributed by atoms with Gasteiger partial charge >= 0.3 is 0 Å². The second kappa shape index (κ2) is 4.30. The molecule has 0 unspecified atom stereocenters. The van der Waals surface area contributed by atoms with Crippen molar-refractivity contribution >= 4 is 5.69 Å². The molecule has 2 aromatic carbocycles. The molecular formula is C17H19NO. The molecule has 0 saturated heterocycles. The molecule has 0 fully saturated rings. The van der Waals surface area contributed by atoms with Gasteiger partial charge in [0, 0.05) is 17.6 Å². The van der Waals surface area contributed by atoms with Crippen LogP contribution >= 0.6 is 0 Å². The summed E-state index contributed by atoms with van der Waals surface area (Å²) in [6.45, 7) is 7.57. The van der Waals surface area contributed by atoms with Crippen LogP contribution in [0, 0.1) is 0 Å². The second-order valence-corrected chi connectivity index (χ2v) is 5.93. The number of rotatable bonds is 0. The maximum Gasteiger partial charge on any atom is 0.150 e. The van der Waals surface area contributed by atoms with Gasteiger partial charge in [0.05, 0.1) is 5.69 Å². The van der Waals surface area contributed by atoms with Crippen molar-refractivity contribution in [3.8, 4) is 11.5 Å². The molecule has 1 heterocycles. The zero-order valence-corrected chi connectivity index (χ0v) is 11.7. The largest absolute Gasteiger partial charge is 0.455 e. The molecule has 0 bridgehead atoms. The first-order valence-corrected chi connectivity index (χ1v) is 6.68. The zero-order valence-electron chi connectivity index (χ0n) is 11.7. The van der Waals surface area contributed by atoms with Crippen LogP contribution in [0.1, 0.15) is 26.3 Å². The first-order chi connectivity index (χ1) is 9.05. The average Bonchev–Trinajstić information content (AvgIpc) is 2.54. The van der Waals surface area contributed by atoms with E-state index in [-0.39, 0.29) is 5.54 Å². The molecule has 0 aromatic heterocycles. The minimum absolute atomic E-state index is 0.0525. The Kier molecular flexibility index (Phi) is 2.74. The SMILES string of the molecule is CC(C)(C)N1Cc2ccccc2Oc2ccccc21. The van der Waals surface area contributed by atoms with Gasteiger partial charge in [-0.3, -0.25) is 0 Å². The third-order valence-corrected chi connectivity index (χ3v) is 3.49. The molecular weight excluding hydrogens is 234 g/mol. The number of fused-ring (bicyclic) bond motifs is 2. The fourth-order valence-corrected chi connectivity index (χ4v) is 2.47. The summed E-state index contributed by atoms with van der Waals surface area (Å²) < 4.78 is 6.09. The topological polar surface area (TPSA) is 12.5 Å². The molecule has 2 aromatic rings. The summed E-state index contributed by atoms with van der Waals surface area (Å²) in [5.41, 5.74) is 2.44. The van der Waals surface area contributed by atoms with Crippen LogP contribution in [0.4, 0.5) is 5.69 Å². The molecule has 1 aliphatic heterocycles. The predicted molar refractivity (Wildman–Crippen MR) is 78.9 cm³/mol. The third-order valence-electron chi connectivity index (χ3n) is 3.49. The highest BCUT2D eigenvalue weighted by molar-refractivity contribution is 5.63. The highest BCUT2D eigenvalue weighted by atomic mass is 16.5. The van der Waals surface area contributed by atoms with Crippen molar-refractivity contribution in [2.45, 2.75) is 32.9 Å². The molecule has 1 aliphatic rings. The molecule has 0 amide bonds. The molecule has 0 saturated carbocycles. The Morgan fingerprint density at radius 2 is 1.53 bits per heavy atom. The van der Waals surface area contributed by atoms with Gasteiger partial charge in [-0.25, -0.2) is 0 Å². The Morgan fingerprint density at radius 1 is 0.895 bits per heavy atom. The van der Waals surface area contributed by atoms with Crippen LogP contribution in [0.25, 0.3) is 0 Å². The minimum Gasteiger partial charge on any atom is -0.455 e. The van der Waals surface area contributed by atoms with E-state index in [0.717, 1.165) is 23.7 Å². The van der Waals surface area contributed by atoms with E-state index in [4.69, 9.17) is 4.74 Å². The second-order valence-electron chi connectivity index (χ2n) is 5.93. The van der Waals surface area contributed by atoms with Gasteiger partial charge in [-0.15, -0.1) is 0 Å². The summed E-state index contributed by atoms with van der Waals surface area (Å²) in [7, 11) is 0. The summed E-state index contributed by atoms with van der Waals surface area (Å²) in [5.74, 6) is 1.89. The Morgan fingerprint density at radius 3 is 2.26 bits per heavy atom. The lowest BCUT2D eigenvalue weighted by atomic mass is 10.0.